The zero-order valence-corrected chi connectivity index (χ0v) is 12.8. The Hall–Kier alpha value is -0.130. The SMILES string of the molecule is CCS(=O)(=O)CCN1CCC(CNC(C)C)CC1. The van der Waals surface area contributed by atoms with E-state index < -0.39 is 9.84 Å². The van der Waals surface area contributed by atoms with Crippen LogP contribution in [0.25, 0.3) is 0 Å². The van der Waals surface area contributed by atoms with Crippen LogP contribution in [0.3, 0.4) is 0 Å². The van der Waals surface area contributed by atoms with Gasteiger partial charge in [-0.25, -0.2) is 8.42 Å². The van der Waals surface area contributed by atoms with Crippen LogP contribution in [0, 0.1) is 5.92 Å². The van der Waals surface area contributed by atoms with Crippen molar-refractivity contribution in [2.45, 2.75) is 39.7 Å². The second-order valence-electron chi connectivity index (χ2n) is 5.58. The molecule has 0 aromatic heterocycles. The molecule has 18 heavy (non-hydrogen) atoms. The molecule has 4 nitrogen and oxygen atoms in total. The molecule has 0 aliphatic carbocycles. The molecule has 0 radical (unpaired) electrons. The molecule has 0 amide bonds. The Balaban J connectivity index is 2.19. The van der Waals surface area contributed by atoms with Gasteiger partial charge in [-0.1, -0.05) is 20.8 Å². The lowest BCUT2D eigenvalue weighted by molar-refractivity contribution is 0.189. The normalized spacial score (nSPS) is 19.6. The van der Waals surface area contributed by atoms with Crippen LogP contribution in [-0.4, -0.2) is 57.0 Å². The van der Waals surface area contributed by atoms with Crippen molar-refractivity contribution in [2.75, 3.05) is 37.7 Å². The van der Waals surface area contributed by atoms with Gasteiger partial charge in [0.2, 0.25) is 0 Å². The number of likely N-dealkylation sites (tertiary alicyclic amines) is 1. The Kier molecular flexibility index (Phi) is 6.60. The number of nitrogens with zero attached hydrogens (tertiary/aromatic N) is 1. The Labute approximate surface area is 112 Å². The number of piperidine rings is 1. The first-order valence-electron chi connectivity index (χ1n) is 7.09. The predicted octanol–water partition coefficient (Wildman–Crippen LogP) is 1.13. The van der Waals surface area contributed by atoms with E-state index in [1.807, 2.05) is 0 Å². The van der Waals surface area contributed by atoms with Gasteiger partial charge in [-0.15, -0.1) is 0 Å². The molecule has 1 aliphatic rings. The number of nitrogens with one attached hydrogen (secondary N) is 1. The van der Waals surface area contributed by atoms with Gasteiger partial charge >= 0.3 is 0 Å². The molecule has 1 fully saturated rings. The summed E-state index contributed by atoms with van der Waals surface area (Å²) in [6, 6.07) is 0.553. The van der Waals surface area contributed by atoms with Gasteiger partial charge in [-0.3, -0.25) is 0 Å². The van der Waals surface area contributed by atoms with Crippen molar-refractivity contribution in [1.82, 2.24) is 10.2 Å². The van der Waals surface area contributed by atoms with Crippen LogP contribution in [0.5, 0.6) is 0 Å². The third kappa shape index (κ3) is 6.16. The highest BCUT2D eigenvalue weighted by Crippen LogP contribution is 2.16. The summed E-state index contributed by atoms with van der Waals surface area (Å²) in [5, 5.41) is 3.48. The van der Waals surface area contributed by atoms with Crippen molar-refractivity contribution >= 4 is 9.84 Å². The highest BCUT2D eigenvalue weighted by Gasteiger charge is 2.20. The van der Waals surface area contributed by atoms with Crippen molar-refractivity contribution < 1.29 is 8.42 Å². The third-order valence-corrected chi connectivity index (χ3v) is 5.36. The summed E-state index contributed by atoms with van der Waals surface area (Å²) in [6.45, 7) is 9.96. The van der Waals surface area contributed by atoms with Crippen LogP contribution < -0.4 is 5.32 Å². The molecule has 0 unspecified atom stereocenters. The van der Waals surface area contributed by atoms with Crippen LogP contribution in [0.1, 0.15) is 33.6 Å². The molecule has 0 bridgehead atoms. The average Bonchev–Trinajstić information content (AvgIpc) is 2.35. The fraction of sp³-hybridized carbons (Fsp3) is 1.00. The van der Waals surface area contributed by atoms with E-state index in [1.165, 1.54) is 12.8 Å². The van der Waals surface area contributed by atoms with Crippen molar-refractivity contribution in [1.29, 1.82) is 0 Å². The second-order valence-corrected chi connectivity index (χ2v) is 8.06. The van der Waals surface area contributed by atoms with Crippen molar-refractivity contribution in [3.8, 4) is 0 Å². The van der Waals surface area contributed by atoms with E-state index in [9.17, 15) is 8.42 Å². The lowest BCUT2D eigenvalue weighted by Gasteiger charge is -2.32. The largest absolute Gasteiger partial charge is 0.314 e. The van der Waals surface area contributed by atoms with E-state index in [0.29, 0.717) is 18.3 Å². The molecule has 1 aliphatic heterocycles. The predicted molar refractivity (Wildman–Crippen MR) is 76.6 cm³/mol. The first-order valence-corrected chi connectivity index (χ1v) is 8.91. The minimum absolute atomic E-state index is 0.266. The van der Waals surface area contributed by atoms with Crippen LogP contribution in [0.15, 0.2) is 0 Å². The highest BCUT2D eigenvalue weighted by atomic mass is 32.2. The van der Waals surface area contributed by atoms with E-state index >= 15 is 0 Å². The Bertz CT molecular complexity index is 320. The van der Waals surface area contributed by atoms with Gasteiger partial charge in [0.1, 0.15) is 0 Å². The van der Waals surface area contributed by atoms with Gasteiger partial charge in [0, 0.05) is 18.3 Å². The zero-order chi connectivity index (χ0) is 13.6. The summed E-state index contributed by atoms with van der Waals surface area (Å²) in [5.74, 6) is 1.34. The van der Waals surface area contributed by atoms with Crippen molar-refractivity contribution in [3.05, 3.63) is 0 Å². The summed E-state index contributed by atoms with van der Waals surface area (Å²) in [7, 11) is -2.81. The van der Waals surface area contributed by atoms with E-state index in [0.717, 1.165) is 25.6 Å². The fourth-order valence-electron chi connectivity index (χ4n) is 2.23. The number of rotatable bonds is 7. The smallest absolute Gasteiger partial charge is 0.151 e. The molecule has 0 aromatic carbocycles. The number of hydrogen-bond donors (Lipinski definition) is 1. The molecule has 1 N–H and O–H groups in total. The van der Waals surface area contributed by atoms with Crippen molar-refractivity contribution in [3.63, 3.8) is 0 Å². The number of hydrogen-bond acceptors (Lipinski definition) is 4. The van der Waals surface area contributed by atoms with Gasteiger partial charge in [-0.05, 0) is 38.4 Å². The second kappa shape index (κ2) is 7.46. The lowest BCUT2D eigenvalue weighted by atomic mass is 9.96. The molecule has 0 spiro atoms. The van der Waals surface area contributed by atoms with Crippen LogP contribution in [0.2, 0.25) is 0 Å². The molecule has 0 aromatic rings. The molecule has 1 rings (SSSR count). The van der Waals surface area contributed by atoms with Crippen LogP contribution >= 0.6 is 0 Å². The third-order valence-electron chi connectivity index (χ3n) is 3.68. The maximum Gasteiger partial charge on any atom is 0.151 e. The zero-order valence-electron chi connectivity index (χ0n) is 12.0. The molecular formula is C13H28N2O2S. The monoisotopic (exact) mass is 276 g/mol. The quantitative estimate of drug-likeness (QED) is 0.757. The van der Waals surface area contributed by atoms with E-state index in [-0.39, 0.29) is 5.75 Å². The van der Waals surface area contributed by atoms with Crippen LogP contribution in [-0.2, 0) is 9.84 Å². The summed E-state index contributed by atoms with van der Waals surface area (Å²) in [5.41, 5.74) is 0. The Morgan fingerprint density at radius 3 is 2.39 bits per heavy atom. The average molecular weight is 276 g/mol. The van der Waals surface area contributed by atoms with Gasteiger partial charge in [0.25, 0.3) is 0 Å². The summed E-state index contributed by atoms with van der Waals surface area (Å²) in [6.07, 6.45) is 2.37. The maximum absolute atomic E-state index is 11.4. The summed E-state index contributed by atoms with van der Waals surface area (Å²) < 4.78 is 22.9. The molecule has 108 valence electrons. The molecule has 0 saturated carbocycles. The summed E-state index contributed by atoms with van der Waals surface area (Å²) >= 11 is 0. The number of sulfone groups is 1. The first-order chi connectivity index (χ1) is 8.43. The molecular weight excluding hydrogens is 248 g/mol. The molecule has 1 saturated heterocycles. The molecule has 5 heteroatoms. The van der Waals surface area contributed by atoms with Gasteiger partial charge < -0.3 is 10.2 Å². The van der Waals surface area contributed by atoms with E-state index in [4.69, 9.17) is 0 Å². The van der Waals surface area contributed by atoms with Gasteiger partial charge in [0.15, 0.2) is 9.84 Å². The minimum atomic E-state index is -2.81. The summed E-state index contributed by atoms with van der Waals surface area (Å²) in [4.78, 5) is 2.29. The topological polar surface area (TPSA) is 49.4 Å². The van der Waals surface area contributed by atoms with Gasteiger partial charge in [0.05, 0.1) is 5.75 Å². The molecule has 0 atom stereocenters. The van der Waals surface area contributed by atoms with Crippen molar-refractivity contribution in [2.24, 2.45) is 5.92 Å². The van der Waals surface area contributed by atoms with Gasteiger partial charge in [-0.2, -0.15) is 0 Å². The van der Waals surface area contributed by atoms with E-state index in [2.05, 4.69) is 24.1 Å². The van der Waals surface area contributed by atoms with Crippen LogP contribution in [0.4, 0.5) is 0 Å². The Morgan fingerprint density at radius 2 is 1.89 bits per heavy atom. The minimum Gasteiger partial charge on any atom is -0.314 e. The highest BCUT2D eigenvalue weighted by molar-refractivity contribution is 7.91. The fourth-order valence-corrected chi connectivity index (χ4v) is 3.05. The first kappa shape index (κ1) is 15.9. The Morgan fingerprint density at radius 1 is 1.28 bits per heavy atom. The maximum atomic E-state index is 11.4. The van der Waals surface area contributed by atoms with E-state index in [1.54, 1.807) is 6.92 Å². The lowest BCUT2D eigenvalue weighted by Crippen LogP contribution is -2.40. The molecule has 1 heterocycles. The standard InChI is InChI=1S/C13H28N2O2S/c1-4-18(16,17)10-9-15-7-5-13(6-8-15)11-14-12(2)3/h12-14H,4-11H2,1-3H3.